The minimum atomic E-state index is -3.09. The molecule has 152 valence electrons. The zero-order valence-electron chi connectivity index (χ0n) is 15.0. The lowest BCUT2D eigenvalue weighted by Crippen LogP contribution is -2.49. The van der Waals surface area contributed by atoms with Gasteiger partial charge in [0.2, 0.25) is 0 Å². The van der Waals surface area contributed by atoms with Crippen LogP contribution in [0.2, 0.25) is 15.1 Å². The van der Waals surface area contributed by atoms with Gasteiger partial charge >= 0.3 is 0 Å². The predicted octanol–water partition coefficient (Wildman–Crippen LogP) is 4.66. The van der Waals surface area contributed by atoms with Crippen molar-refractivity contribution in [3.63, 3.8) is 0 Å². The van der Waals surface area contributed by atoms with E-state index in [9.17, 15) is 13.6 Å². The summed E-state index contributed by atoms with van der Waals surface area (Å²) >= 11 is 18.0. The Labute approximate surface area is 179 Å². The lowest BCUT2D eigenvalue weighted by Gasteiger charge is -2.38. The fourth-order valence-electron chi connectivity index (χ4n) is 3.56. The Kier molecular flexibility index (Phi) is 5.13. The first-order valence-electron chi connectivity index (χ1n) is 8.64. The van der Waals surface area contributed by atoms with Gasteiger partial charge in [0, 0.05) is 24.6 Å². The van der Waals surface area contributed by atoms with Crippen LogP contribution in [0.3, 0.4) is 0 Å². The van der Waals surface area contributed by atoms with Crippen molar-refractivity contribution in [3.8, 4) is 0 Å². The molecule has 0 unspecified atom stereocenters. The number of benzene rings is 1. The van der Waals surface area contributed by atoms with Crippen LogP contribution >= 0.6 is 34.8 Å². The SMILES string of the molecule is Cc1cc([C@@H]2CN(C(=O)c3ccc(Cl)c(Cl)c3Cl)CC(F)(F)C2)n2ncnc2n1. The average Bonchev–Trinajstić information content (AvgIpc) is 3.12. The van der Waals surface area contributed by atoms with Gasteiger partial charge in [-0.1, -0.05) is 34.8 Å². The molecule has 1 amide bonds. The van der Waals surface area contributed by atoms with Gasteiger partial charge in [-0.3, -0.25) is 4.79 Å². The van der Waals surface area contributed by atoms with Crippen molar-refractivity contribution in [3.05, 3.63) is 56.5 Å². The van der Waals surface area contributed by atoms with Crippen LogP contribution in [0.4, 0.5) is 8.78 Å². The maximum absolute atomic E-state index is 14.6. The molecule has 1 saturated heterocycles. The Morgan fingerprint density at radius 3 is 2.76 bits per heavy atom. The Hall–Kier alpha value is -2.03. The van der Waals surface area contributed by atoms with E-state index in [1.165, 1.54) is 23.0 Å². The maximum Gasteiger partial charge on any atom is 0.266 e. The Morgan fingerprint density at radius 2 is 2.00 bits per heavy atom. The van der Waals surface area contributed by atoms with Crippen molar-refractivity contribution < 1.29 is 13.6 Å². The Balaban J connectivity index is 1.72. The molecule has 29 heavy (non-hydrogen) atoms. The number of likely N-dealkylation sites (tertiary alicyclic amines) is 1. The number of aromatic nitrogens is 4. The second kappa shape index (κ2) is 7.34. The van der Waals surface area contributed by atoms with E-state index in [2.05, 4.69) is 15.1 Å². The monoisotopic (exact) mass is 459 g/mol. The van der Waals surface area contributed by atoms with Crippen LogP contribution in [0.1, 0.15) is 34.1 Å². The molecule has 1 aliphatic heterocycles. The van der Waals surface area contributed by atoms with Gasteiger partial charge < -0.3 is 4.90 Å². The van der Waals surface area contributed by atoms with Crippen LogP contribution in [0.25, 0.3) is 5.78 Å². The molecular weight excluding hydrogens is 447 g/mol. The number of nitrogens with zero attached hydrogens (tertiary/aromatic N) is 5. The van der Waals surface area contributed by atoms with Crippen molar-refractivity contribution in [1.29, 1.82) is 0 Å². The molecule has 0 aliphatic carbocycles. The average molecular weight is 461 g/mol. The largest absolute Gasteiger partial charge is 0.332 e. The molecule has 1 fully saturated rings. The number of aryl methyl sites for hydroxylation is 1. The smallest absolute Gasteiger partial charge is 0.266 e. The van der Waals surface area contributed by atoms with Gasteiger partial charge in [0.15, 0.2) is 0 Å². The highest BCUT2D eigenvalue weighted by atomic mass is 35.5. The van der Waals surface area contributed by atoms with Gasteiger partial charge in [-0.05, 0) is 25.1 Å². The highest BCUT2D eigenvalue weighted by Crippen LogP contribution is 2.38. The molecule has 6 nitrogen and oxygen atoms in total. The maximum atomic E-state index is 14.6. The summed E-state index contributed by atoms with van der Waals surface area (Å²) < 4.78 is 30.6. The molecular formula is C18H14Cl3F2N5O. The topological polar surface area (TPSA) is 63.4 Å². The van der Waals surface area contributed by atoms with Crippen LogP contribution in [0.5, 0.6) is 0 Å². The van der Waals surface area contributed by atoms with E-state index in [1.54, 1.807) is 13.0 Å². The van der Waals surface area contributed by atoms with E-state index in [0.717, 1.165) is 4.90 Å². The molecule has 0 radical (unpaired) electrons. The summed E-state index contributed by atoms with van der Waals surface area (Å²) in [5, 5.41) is 4.21. The number of rotatable bonds is 2. The fraction of sp³-hybridized carbons (Fsp3) is 0.333. The molecule has 3 heterocycles. The molecule has 1 aromatic carbocycles. The Morgan fingerprint density at radius 1 is 1.24 bits per heavy atom. The number of hydrogen-bond acceptors (Lipinski definition) is 4. The molecule has 0 spiro atoms. The molecule has 0 bridgehead atoms. The van der Waals surface area contributed by atoms with Gasteiger partial charge in [-0.2, -0.15) is 10.1 Å². The standard InChI is InChI=1S/C18H14Cl3F2N5O/c1-9-4-13(28-17(26-9)24-8-25-28)10-5-18(22,23)7-27(6-10)16(29)11-2-3-12(19)15(21)14(11)20/h2-4,8,10H,5-7H2,1H3/t10-/m0/s1. The first-order valence-corrected chi connectivity index (χ1v) is 9.77. The Bertz CT molecular complexity index is 1120. The zero-order chi connectivity index (χ0) is 20.9. The van der Waals surface area contributed by atoms with Crippen molar-refractivity contribution in [2.75, 3.05) is 13.1 Å². The van der Waals surface area contributed by atoms with E-state index in [-0.39, 0.29) is 27.2 Å². The number of carbonyl (C=O) groups is 1. The first kappa shape index (κ1) is 20.3. The fourth-order valence-corrected chi connectivity index (χ4v) is 4.18. The summed E-state index contributed by atoms with van der Waals surface area (Å²) in [5.41, 5.74) is 1.16. The van der Waals surface area contributed by atoms with E-state index in [1.807, 2.05) is 0 Å². The van der Waals surface area contributed by atoms with Crippen LogP contribution in [-0.4, -0.2) is 49.4 Å². The van der Waals surface area contributed by atoms with Gasteiger partial charge in [-0.15, -0.1) is 0 Å². The minimum absolute atomic E-state index is 0.00795. The first-order chi connectivity index (χ1) is 13.7. The van der Waals surface area contributed by atoms with Crippen molar-refractivity contribution in [2.24, 2.45) is 0 Å². The second-order valence-electron chi connectivity index (χ2n) is 6.96. The van der Waals surface area contributed by atoms with Gasteiger partial charge in [-0.25, -0.2) is 18.3 Å². The van der Waals surface area contributed by atoms with Crippen LogP contribution in [0.15, 0.2) is 24.5 Å². The van der Waals surface area contributed by atoms with Crippen molar-refractivity contribution in [1.82, 2.24) is 24.5 Å². The van der Waals surface area contributed by atoms with Gasteiger partial charge in [0.05, 0.1) is 32.9 Å². The highest BCUT2D eigenvalue weighted by Gasteiger charge is 2.44. The molecule has 1 aliphatic rings. The van der Waals surface area contributed by atoms with E-state index >= 15 is 0 Å². The number of halogens is 5. The van der Waals surface area contributed by atoms with E-state index in [0.29, 0.717) is 17.2 Å². The summed E-state index contributed by atoms with van der Waals surface area (Å²) in [6.45, 7) is 1.09. The normalized spacial score (nSPS) is 19.0. The number of piperidine rings is 1. The highest BCUT2D eigenvalue weighted by molar-refractivity contribution is 6.49. The minimum Gasteiger partial charge on any atom is -0.332 e. The number of fused-ring (bicyclic) bond motifs is 1. The summed E-state index contributed by atoms with van der Waals surface area (Å²) in [7, 11) is 0. The summed E-state index contributed by atoms with van der Waals surface area (Å²) in [5.74, 6) is -4.08. The van der Waals surface area contributed by atoms with Crippen LogP contribution < -0.4 is 0 Å². The molecule has 0 saturated carbocycles. The van der Waals surface area contributed by atoms with E-state index < -0.39 is 30.7 Å². The third-order valence-electron chi connectivity index (χ3n) is 4.79. The number of hydrogen-bond donors (Lipinski definition) is 0. The van der Waals surface area contributed by atoms with Crippen molar-refractivity contribution in [2.45, 2.75) is 25.2 Å². The number of amides is 1. The molecule has 1 atom stereocenters. The quantitative estimate of drug-likeness (QED) is 0.522. The van der Waals surface area contributed by atoms with Crippen LogP contribution in [-0.2, 0) is 0 Å². The number of alkyl halides is 2. The lowest BCUT2D eigenvalue weighted by atomic mass is 9.91. The summed E-state index contributed by atoms with van der Waals surface area (Å²) in [6.07, 6.45) is 0.884. The number of carbonyl (C=O) groups excluding carboxylic acids is 1. The van der Waals surface area contributed by atoms with Crippen LogP contribution in [0, 0.1) is 6.92 Å². The predicted molar refractivity (Wildman–Crippen MR) is 105 cm³/mol. The van der Waals surface area contributed by atoms with Crippen molar-refractivity contribution >= 4 is 46.5 Å². The molecule has 2 aromatic heterocycles. The third kappa shape index (κ3) is 3.76. The second-order valence-corrected chi connectivity index (χ2v) is 8.12. The van der Waals surface area contributed by atoms with Gasteiger partial charge in [0.1, 0.15) is 6.33 Å². The third-order valence-corrected chi connectivity index (χ3v) is 6.08. The molecule has 3 aromatic rings. The molecule has 4 rings (SSSR count). The summed E-state index contributed by atoms with van der Waals surface area (Å²) in [6, 6.07) is 4.48. The molecule has 0 N–H and O–H groups in total. The lowest BCUT2D eigenvalue weighted by molar-refractivity contribution is -0.0641. The van der Waals surface area contributed by atoms with E-state index in [4.69, 9.17) is 34.8 Å². The van der Waals surface area contributed by atoms with Gasteiger partial charge in [0.25, 0.3) is 17.6 Å². The summed E-state index contributed by atoms with van der Waals surface area (Å²) in [4.78, 5) is 22.3. The molecule has 11 heteroatoms. The zero-order valence-corrected chi connectivity index (χ0v) is 17.3.